The van der Waals surface area contributed by atoms with Crippen LogP contribution >= 0.6 is 22.9 Å². The van der Waals surface area contributed by atoms with Crippen LogP contribution < -0.4 is 5.32 Å². The molecule has 0 atom stereocenters. The average molecular weight is 270 g/mol. The number of nitro groups is 1. The standard InChI is InChI=1S/C10H8ClN3O2S/c11-8-2-1-3-9(13-8)12-5-7-4-10(14(15)16)17-6-7/h1-4,6H,5H2,(H,12,13). The lowest BCUT2D eigenvalue weighted by molar-refractivity contribution is -0.380. The first-order valence-electron chi connectivity index (χ1n) is 4.73. The van der Waals surface area contributed by atoms with E-state index in [0.29, 0.717) is 17.5 Å². The van der Waals surface area contributed by atoms with Gasteiger partial charge >= 0.3 is 5.00 Å². The summed E-state index contributed by atoms with van der Waals surface area (Å²) in [5, 5.41) is 15.8. The number of nitrogens with zero attached hydrogens (tertiary/aromatic N) is 2. The maximum Gasteiger partial charge on any atom is 0.324 e. The van der Waals surface area contributed by atoms with Crippen molar-refractivity contribution in [3.63, 3.8) is 0 Å². The Hall–Kier alpha value is -1.66. The van der Waals surface area contributed by atoms with Gasteiger partial charge in [-0.1, -0.05) is 29.0 Å². The molecule has 1 N–H and O–H groups in total. The summed E-state index contributed by atoms with van der Waals surface area (Å²) in [5.41, 5.74) is 0.850. The molecule has 17 heavy (non-hydrogen) atoms. The number of hydrogen-bond acceptors (Lipinski definition) is 5. The average Bonchev–Trinajstić information content (AvgIpc) is 2.75. The van der Waals surface area contributed by atoms with E-state index in [1.807, 2.05) is 0 Å². The summed E-state index contributed by atoms with van der Waals surface area (Å²) in [7, 11) is 0. The Balaban J connectivity index is 2.00. The van der Waals surface area contributed by atoms with Gasteiger partial charge in [-0.3, -0.25) is 10.1 Å². The summed E-state index contributed by atoms with van der Waals surface area (Å²) in [5.74, 6) is 0.645. The van der Waals surface area contributed by atoms with E-state index in [1.54, 1.807) is 29.6 Å². The molecule has 2 heterocycles. The molecule has 2 rings (SSSR count). The SMILES string of the molecule is O=[N+]([O-])c1cc(CNc2cccc(Cl)n2)cs1. The number of pyridine rings is 1. The number of aromatic nitrogens is 1. The maximum atomic E-state index is 10.5. The fourth-order valence-electron chi connectivity index (χ4n) is 1.25. The van der Waals surface area contributed by atoms with Gasteiger partial charge in [0.2, 0.25) is 0 Å². The first kappa shape index (κ1) is 11.8. The fraction of sp³-hybridized carbons (Fsp3) is 0.100. The van der Waals surface area contributed by atoms with Gasteiger partial charge in [0, 0.05) is 18.0 Å². The summed E-state index contributed by atoms with van der Waals surface area (Å²) in [6.07, 6.45) is 0. The quantitative estimate of drug-likeness (QED) is 0.525. The lowest BCUT2D eigenvalue weighted by Crippen LogP contribution is -1.99. The van der Waals surface area contributed by atoms with Crippen LogP contribution in [0.4, 0.5) is 10.8 Å². The first-order valence-corrected chi connectivity index (χ1v) is 5.99. The molecule has 0 fully saturated rings. The van der Waals surface area contributed by atoms with Crippen molar-refractivity contribution in [2.75, 3.05) is 5.32 Å². The highest BCUT2D eigenvalue weighted by molar-refractivity contribution is 7.13. The van der Waals surface area contributed by atoms with Crippen LogP contribution in [0, 0.1) is 10.1 Å². The lowest BCUT2D eigenvalue weighted by Gasteiger charge is -2.03. The molecule has 0 saturated carbocycles. The molecule has 0 aromatic carbocycles. The zero-order chi connectivity index (χ0) is 12.3. The number of nitrogens with one attached hydrogen (secondary N) is 1. The van der Waals surface area contributed by atoms with Crippen molar-refractivity contribution in [2.45, 2.75) is 6.54 Å². The minimum atomic E-state index is -0.397. The van der Waals surface area contributed by atoms with Crippen molar-refractivity contribution >= 4 is 33.8 Å². The van der Waals surface area contributed by atoms with E-state index in [9.17, 15) is 10.1 Å². The number of hydrogen-bond donors (Lipinski definition) is 1. The third kappa shape index (κ3) is 3.15. The molecule has 0 bridgehead atoms. The zero-order valence-electron chi connectivity index (χ0n) is 8.59. The third-order valence-electron chi connectivity index (χ3n) is 2.01. The molecule has 0 aliphatic rings. The van der Waals surface area contributed by atoms with Gasteiger partial charge < -0.3 is 5.32 Å². The number of anilines is 1. The predicted molar refractivity (Wildman–Crippen MR) is 67.5 cm³/mol. The second kappa shape index (κ2) is 5.11. The van der Waals surface area contributed by atoms with Gasteiger partial charge in [0.15, 0.2) is 0 Å². The molecular weight excluding hydrogens is 262 g/mol. The van der Waals surface area contributed by atoms with Crippen LogP contribution in [0.2, 0.25) is 5.15 Å². The van der Waals surface area contributed by atoms with Gasteiger partial charge in [-0.2, -0.15) is 0 Å². The molecule has 2 aromatic rings. The van der Waals surface area contributed by atoms with Crippen molar-refractivity contribution in [1.82, 2.24) is 4.98 Å². The van der Waals surface area contributed by atoms with Crippen molar-refractivity contribution < 1.29 is 4.92 Å². The van der Waals surface area contributed by atoms with E-state index in [2.05, 4.69) is 10.3 Å². The monoisotopic (exact) mass is 269 g/mol. The van der Waals surface area contributed by atoms with E-state index in [1.165, 1.54) is 0 Å². The van der Waals surface area contributed by atoms with Crippen LogP contribution in [0.5, 0.6) is 0 Å². The van der Waals surface area contributed by atoms with Gasteiger partial charge in [-0.05, 0) is 17.7 Å². The predicted octanol–water partition coefficient (Wildman–Crippen LogP) is 3.32. The summed E-state index contributed by atoms with van der Waals surface area (Å²) in [6, 6.07) is 6.80. The van der Waals surface area contributed by atoms with Crippen LogP contribution in [-0.4, -0.2) is 9.91 Å². The Bertz CT molecular complexity index is 544. The summed E-state index contributed by atoms with van der Waals surface area (Å²) >= 11 is 6.84. The Morgan fingerprint density at radius 1 is 1.53 bits per heavy atom. The smallest absolute Gasteiger partial charge is 0.324 e. The Morgan fingerprint density at radius 2 is 2.35 bits per heavy atom. The molecule has 0 radical (unpaired) electrons. The van der Waals surface area contributed by atoms with Gasteiger partial charge in [0.25, 0.3) is 0 Å². The lowest BCUT2D eigenvalue weighted by atomic mass is 10.3. The summed E-state index contributed by atoms with van der Waals surface area (Å²) in [6.45, 7) is 0.484. The molecular formula is C10H8ClN3O2S. The van der Waals surface area contributed by atoms with E-state index in [0.717, 1.165) is 16.9 Å². The van der Waals surface area contributed by atoms with Gasteiger partial charge in [-0.25, -0.2) is 4.98 Å². The summed E-state index contributed by atoms with van der Waals surface area (Å²) in [4.78, 5) is 14.2. The molecule has 88 valence electrons. The molecule has 2 aromatic heterocycles. The molecule has 0 amide bonds. The number of thiophene rings is 1. The molecule has 0 aliphatic carbocycles. The summed E-state index contributed by atoms with van der Waals surface area (Å²) < 4.78 is 0. The first-order chi connectivity index (χ1) is 8.15. The highest BCUT2D eigenvalue weighted by atomic mass is 35.5. The highest BCUT2D eigenvalue weighted by Gasteiger charge is 2.09. The van der Waals surface area contributed by atoms with Crippen LogP contribution in [0.3, 0.4) is 0 Å². The Kier molecular flexibility index (Phi) is 3.55. The fourth-order valence-corrected chi connectivity index (χ4v) is 2.14. The largest absolute Gasteiger partial charge is 0.366 e. The van der Waals surface area contributed by atoms with Crippen molar-refractivity contribution in [3.8, 4) is 0 Å². The second-order valence-corrected chi connectivity index (χ2v) is 4.53. The van der Waals surface area contributed by atoms with Crippen molar-refractivity contribution in [2.24, 2.45) is 0 Å². The Morgan fingerprint density at radius 3 is 3.00 bits per heavy atom. The van der Waals surface area contributed by atoms with Gasteiger partial charge in [0.05, 0.1) is 4.92 Å². The molecule has 5 nitrogen and oxygen atoms in total. The topological polar surface area (TPSA) is 68.1 Å². The molecule has 0 unspecified atom stereocenters. The van der Waals surface area contributed by atoms with E-state index in [4.69, 9.17) is 11.6 Å². The van der Waals surface area contributed by atoms with Crippen LogP contribution in [-0.2, 0) is 6.54 Å². The molecule has 0 aliphatic heterocycles. The third-order valence-corrected chi connectivity index (χ3v) is 3.15. The molecule has 0 saturated heterocycles. The number of halogens is 1. The van der Waals surface area contributed by atoms with Gasteiger partial charge in [0.1, 0.15) is 11.0 Å². The van der Waals surface area contributed by atoms with Crippen LogP contribution in [0.15, 0.2) is 29.6 Å². The van der Waals surface area contributed by atoms with Crippen molar-refractivity contribution in [3.05, 3.63) is 50.5 Å². The van der Waals surface area contributed by atoms with E-state index >= 15 is 0 Å². The Labute approximate surface area is 106 Å². The van der Waals surface area contributed by atoms with Gasteiger partial charge in [-0.15, -0.1) is 0 Å². The zero-order valence-corrected chi connectivity index (χ0v) is 10.2. The van der Waals surface area contributed by atoms with Crippen molar-refractivity contribution in [1.29, 1.82) is 0 Å². The van der Waals surface area contributed by atoms with Crippen LogP contribution in [0.25, 0.3) is 0 Å². The normalized spacial score (nSPS) is 10.2. The second-order valence-electron chi connectivity index (χ2n) is 3.25. The molecule has 0 spiro atoms. The van der Waals surface area contributed by atoms with E-state index in [-0.39, 0.29) is 5.00 Å². The highest BCUT2D eigenvalue weighted by Crippen LogP contribution is 2.23. The maximum absolute atomic E-state index is 10.5. The minimum absolute atomic E-state index is 0.140. The number of rotatable bonds is 4. The molecule has 7 heteroatoms. The van der Waals surface area contributed by atoms with Crippen LogP contribution in [0.1, 0.15) is 5.56 Å². The minimum Gasteiger partial charge on any atom is -0.366 e. The van der Waals surface area contributed by atoms with E-state index < -0.39 is 4.92 Å².